The van der Waals surface area contributed by atoms with Crippen LogP contribution < -0.4 is 10.6 Å². The van der Waals surface area contributed by atoms with Crippen molar-refractivity contribution in [2.45, 2.75) is 26.8 Å². The molecule has 0 aliphatic carbocycles. The van der Waals surface area contributed by atoms with Gasteiger partial charge in [-0.1, -0.05) is 0 Å². The van der Waals surface area contributed by atoms with Gasteiger partial charge in [-0.3, -0.25) is 4.79 Å². The summed E-state index contributed by atoms with van der Waals surface area (Å²) in [5, 5.41) is 5.32. The second-order valence-electron chi connectivity index (χ2n) is 3.41. The van der Waals surface area contributed by atoms with E-state index in [1.165, 1.54) is 4.90 Å². The molecule has 0 saturated heterocycles. The molecule has 0 rings (SSSR count). The third-order valence-electron chi connectivity index (χ3n) is 1.51. The summed E-state index contributed by atoms with van der Waals surface area (Å²) in [6, 6.07) is -0.128. The number of amides is 3. The van der Waals surface area contributed by atoms with Crippen molar-refractivity contribution in [3.8, 4) is 0 Å². The summed E-state index contributed by atoms with van der Waals surface area (Å²) in [4.78, 5) is 23.8. The van der Waals surface area contributed by atoms with Gasteiger partial charge in [0.2, 0.25) is 5.91 Å². The zero-order valence-electron chi connectivity index (χ0n) is 9.26. The van der Waals surface area contributed by atoms with Crippen LogP contribution in [-0.4, -0.2) is 43.0 Å². The van der Waals surface area contributed by atoms with Crippen molar-refractivity contribution in [1.29, 1.82) is 0 Å². The number of rotatable bonds is 4. The standard InChI is InChI=1S/C9H19N3O2/c1-5-10-9(14)12(4)6-8(13)11-7(2)3/h7H,5-6H2,1-4H3,(H,10,14)(H,11,13). The summed E-state index contributed by atoms with van der Waals surface area (Å²) in [5.41, 5.74) is 0. The van der Waals surface area contributed by atoms with Crippen LogP contribution in [0.25, 0.3) is 0 Å². The summed E-state index contributed by atoms with van der Waals surface area (Å²) < 4.78 is 0. The predicted molar refractivity (Wildman–Crippen MR) is 55.0 cm³/mol. The second-order valence-corrected chi connectivity index (χ2v) is 3.41. The maximum absolute atomic E-state index is 11.2. The minimum atomic E-state index is -0.230. The Morgan fingerprint density at radius 2 is 1.93 bits per heavy atom. The van der Waals surface area contributed by atoms with Gasteiger partial charge < -0.3 is 15.5 Å². The Hall–Kier alpha value is -1.26. The number of hydrogen-bond donors (Lipinski definition) is 2. The molecule has 0 atom stereocenters. The fourth-order valence-electron chi connectivity index (χ4n) is 0.941. The molecular formula is C9H19N3O2. The zero-order chi connectivity index (χ0) is 11.1. The molecule has 3 amide bonds. The fourth-order valence-corrected chi connectivity index (χ4v) is 0.941. The number of carbonyl (C=O) groups is 2. The van der Waals surface area contributed by atoms with Crippen LogP contribution in [-0.2, 0) is 4.79 Å². The van der Waals surface area contributed by atoms with E-state index in [9.17, 15) is 9.59 Å². The van der Waals surface area contributed by atoms with E-state index >= 15 is 0 Å². The fraction of sp³-hybridized carbons (Fsp3) is 0.778. The maximum Gasteiger partial charge on any atom is 0.317 e. The van der Waals surface area contributed by atoms with E-state index < -0.39 is 0 Å². The molecule has 5 heteroatoms. The predicted octanol–water partition coefficient (Wildman–Crippen LogP) is 0.172. The zero-order valence-corrected chi connectivity index (χ0v) is 9.26. The summed E-state index contributed by atoms with van der Waals surface area (Å²) in [6.45, 7) is 6.24. The smallest absolute Gasteiger partial charge is 0.317 e. The highest BCUT2D eigenvalue weighted by molar-refractivity contribution is 5.83. The van der Waals surface area contributed by atoms with Crippen LogP contribution >= 0.6 is 0 Å². The molecule has 0 unspecified atom stereocenters. The van der Waals surface area contributed by atoms with Crippen LogP contribution in [0.4, 0.5) is 4.79 Å². The van der Waals surface area contributed by atoms with Gasteiger partial charge in [-0.2, -0.15) is 0 Å². The first-order valence-electron chi connectivity index (χ1n) is 4.75. The third-order valence-corrected chi connectivity index (χ3v) is 1.51. The number of urea groups is 1. The van der Waals surface area contributed by atoms with Crippen LogP contribution in [0.1, 0.15) is 20.8 Å². The monoisotopic (exact) mass is 201 g/mol. The first-order valence-corrected chi connectivity index (χ1v) is 4.75. The van der Waals surface area contributed by atoms with Gasteiger partial charge in [0.15, 0.2) is 0 Å². The van der Waals surface area contributed by atoms with E-state index in [0.29, 0.717) is 6.54 Å². The van der Waals surface area contributed by atoms with Crippen molar-refractivity contribution in [2.24, 2.45) is 0 Å². The van der Waals surface area contributed by atoms with Crippen molar-refractivity contribution in [1.82, 2.24) is 15.5 Å². The summed E-state index contributed by atoms with van der Waals surface area (Å²) in [5.74, 6) is -0.145. The van der Waals surface area contributed by atoms with Crippen molar-refractivity contribution < 1.29 is 9.59 Å². The van der Waals surface area contributed by atoms with E-state index in [2.05, 4.69) is 10.6 Å². The Balaban J connectivity index is 3.87. The first kappa shape index (κ1) is 12.7. The van der Waals surface area contributed by atoms with Crippen LogP contribution in [0.15, 0.2) is 0 Å². The van der Waals surface area contributed by atoms with Crippen LogP contribution in [0.3, 0.4) is 0 Å². The molecule has 0 saturated carbocycles. The molecule has 0 fully saturated rings. The quantitative estimate of drug-likeness (QED) is 0.681. The molecule has 0 aromatic carbocycles. The van der Waals surface area contributed by atoms with Gasteiger partial charge in [-0.05, 0) is 20.8 Å². The second kappa shape index (κ2) is 6.23. The van der Waals surface area contributed by atoms with E-state index in [-0.39, 0.29) is 24.5 Å². The third kappa shape index (κ3) is 5.40. The molecular weight excluding hydrogens is 182 g/mol. The average Bonchev–Trinajstić information content (AvgIpc) is 2.02. The van der Waals surface area contributed by atoms with E-state index in [4.69, 9.17) is 0 Å². The average molecular weight is 201 g/mol. The number of nitrogens with one attached hydrogen (secondary N) is 2. The van der Waals surface area contributed by atoms with Crippen molar-refractivity contribution in [2.75, 3.05) is 20.1 Å². The number of hydrogen-bond acceptors (Lipinski definition) is 2. The Kier molecular flexibility index (Phi) is 5.67. The molecule has 0 aliphatic rings. The maximum atomic E-state index is 11.2. The molecule has 82 valence electrons. The minimum Gasteiger partial charge on any atom is -0.352 e. The lowest BCUT2D eigenvalue weighted by Crippen LogP contribution is -2.44. The Labute approximate surface area is 84.8 Å². The van der Waals surface area contributed by atoms with Gasteiger partial charge in [0.1, 0.15) is 6.54 Å². The van der Waals surface area contributed by atoms with Crippen molar-refractivity contribution in [3.63, 3.8) is 0 Å². The SMILES string of the molecule is CCNC(=O)N(C)CC(=O)NC(C)C. The number of likely N-dealkylation sites (N-methyl/N-ethyl adjacent to an activating group) is 1. The molecule has 0 radical (unpaired) electrons. The van der Waals surface area contributed by atoms with E-state index in [1.807, 2.05) is 20.8 Å². The summed E-state index contributed by atoms with van der Waals surface area (Å²) in [7, 11) is 1.59. The molecule has 2 N–H and O–H groups in total. The molecule has 0 spiro atoms. The lowest BCUT2D eigenvalue weighted by atomic mass is 10.4. The number of nitrogens with zero attached hydrogens (tertiary/aromatic N) is 1. The lowest BCUT2D eigenvalue weighted by Gasteiger charge is -2.17. The molecule has 0 aromatic rings. The van der Waals surface area contributed by atoms with Crippen LogP contribution in [0.5, 0.6) is 0 Å². The Bertz CT molecular complexity index is 204. The molecule has 0 aliphatic heterocycles. The minimum absolute atomic E-state index is 0.0873. The van der Waals surface area contributed by atoms with Crippen LogP contribution in [0, 0.1) is 0 Å². The molecule has 5 nitrogen and oxygen atoms in total. The van der Waals surface area contributed by atoms with Gasteiger partial charge in [0, 0.05) is 19.6 Å². The summed E-state index contributed by atoms with van der Waals surface area (Å²) in [6.07, 6.45) is 0. The first-order chi connectivity index (χ1) is 6.47. The Morgan fingerprint density at radius 1 is 1.36 bits per heavy atom. The lowest BCUT2D eigenvalue weighted by molar-refractivity contribution is -0.121. The largest absolute Gasteiger partial charge is 0.352 e. The van der Waals surface area contributed by atoms with Crippen LogP contribution in [0.2, 0.25) is 0 Å². The van der Waals surface area contributed by atoms with Gasteiger partial charge in [-0.15, -0.1) is 0 Å². The highest BCUT2D eigenvalue weighted by atomic mass is 16.2. The topological polar surface area (TPSA) is 61.4 Å². The highest BCUT2D eigenvalue weighted by Crippen LogP contribution is 1.85. The summed E-state index contributed by atoms with van der Waals surface area (Å²) >= 11 is 0. The molecule has 0 bridgehead atoms. The highest BCUT2D eigenvalue weighted by Gasteiger charge is 2.11. The van der Waals surface area contributed by atoms with Gasteiger partial charge in [0.25, 0.3) is 0 Å². The molecule has 14 heavy (non-hydrogen) atoms. The Morgan fingerprint density at radius 3 is 2.36 bits per heavy atom. The number of carbonyl (C=O) groups excluding carboxylic acids is 2. The van der Waals surface area contributed by atoms with Gasteiger partial charge in [-0.25, -0.2) is 4.79 Å². The van der Waals surface area contributed by atoms with Crippen molar-refractivity contribution >= 4 is 11.9 Å². The van der Waals surface area contributed by atoms with Gasteiger partial charge >= 0.3 is 6.03 Å². The normalized spacial score (nSPS) is 9.79. The molecule has 0 heterocycles. The van der Waals surface area contributed by atoms with E-state index in [1.54, 1.807) is 7.05 Å². The van der Waals surface area contributed by atoms with Gasteiger partial charge in [0.05, 0.1) is 0 Å². The van der Waals surface area contributed by atoms with E-state index in [0.717, 1.165) is 0 Å². The molecule has 0 aromatic heterocycles. The van der Waals surface area contributed by atoms with Crippen molar-refractivity contribution in [3.05, 3.63) is 0 Å².